The molecule has 0 amide bonds. The van der Waals surface area contributed by atoms with Crippen molar-refractivity contribution in [2.75, 3.05) is 43.1 Å². The lowest BCUT2D eigenvalue weighted by Gasteiger charge is -2.35. The third kappa shape index (κ3) is 3.94. The second-order valence-corrected chi connectivity index (χ2v) is 6.89. The molecule has 4 rings (SSSR count). The minimum Gasteiger partial charge on any atom is -0.494 e. The molecule has 0 radical (unpaired) electrons. The molecule has 3 aromatic rings. The molecule has 150 valence electrons. The molecular weight excluding hydrogens is 373 g/mol. The number of piperazine rings is 1. The number of hydrogen-bond acceptors (Lipinski definition) is 8. The quantitative estimate of drug-likeness (QED) is 0.666. The number of methoxy groups -OCH3 is 1. The summed E-state index contributed by atoms with van der Waals surface area (Å²) in [6.07, 6.45) is 3.31. The number of anilines is 2. The fourth-order valence-electron chi connectivity index (χ4n) is 3.34. The first-order valence-corrected chi connectivity index (χ1v) is 9.39. The Balaban J connectivity index is 1.50. The van der Waals surface area contributed by atoms with Gasteiger partial charge in [0.25, 0.3) is 0 Å². The summed E-state index contributed by atoms with van der Waals surface area (Å²) in [4.78, 5) is 17.9. The van der Waals surface area contributed by atoms with Gasteiger partial charge in [0.15, 0.2) is 11.6 Å². The number of aryl methyl sites for hydroxylation is 2. The summed E-state index contributed by atoms with van der Waals surface area (Å²) in [7, 11) is 1.44. The van der Waals surface area contributed by atoms with E-state index in [-0.39, 0.29) is 5.75 Å². The first kappa shape index (κ1) is 19.0. The molecule has 1 aliphatic rings. The highest BCUT2D eigenvalue weighted by atomic mass is 19.1. The van der Waals surface area contributed by atoms with E-state index in [0.29, 0.717) is 17.2 Å². The van der Waals surface area contributed by atoms with Gasteiger partial charge in [0.2, 0.25) is 5.95 Å². The molecule has 1 fully saturated rings. The van der Waals surface area contributed by atoms with Crippen LogP contribution in [0.2, 0.25) is 0 Å². The van der Waals surface area contributed by atoms with Crippen LogP contribution in [0.25, 0.3) is 11.3 Å². The van der Waals surface area contributed by atoms with E-state index in [0.717, 1.165) is 43.4 Å². The molecule has 0 unspecified atom stereocenters. The van der Waals surface area contributed by atoms with Gasteiger partial charge < -0.3 is 14.5 Å². The first-order valence-electron chi connectivity index (χ1n) is 9.39. The van der Waals surface area contributed by atoms with Gasteiger partial charge in [-0.05, 0) is 32.0 Å². The summed E-state index contributed by atoms with van der Waals surface area (Å²) in [5.74, 6) is 1.21. The Kier molecular flexibility index (Phi) is 5.20. The zero-order valence-corrected chi connectivity index (χ0v) is 16.6. The molecule has 1 aromatic carbocycles. The second kappa shape index (κ2) is 7.94. The van der Waals surface area contributed by atoms with E-state index in [4.69, 9.17) is 4.74 Å². The molecule has 0 atom stereocenters. The van der Waals surface area contributed by atoms with Crippen molar-refractivity contribution in [1.29, 1.82) is 0 Å². The first-order chi connectivity index (χ1) is 14.0. The van der Waals surface area contributed by atoms with Crippen molar-refractivity contribution in [3.63, 3.8) is 0 Å². The molecule has 29 heavy (non-hydrogen) atoms. The summed E-state index contributed by atoms with van der Waals surface area (Å²) in [5, 5.41) is 8.24. The molecule has 2 aromatic heterocycles. The Hall–Kier alpha value is -3.36. The normalized spacial score (nSPS) is 14.2. The van der Waals surface area contributed by atoms with Crippen LogP contribution in [0.1, 0.15) is 11.4 Å². The molecule has 0 bridgehead atoms. The summed E-state index contributed by atoms with van der Waals surface area (Å²) in [6.45, 7) is 6.94. The fourth-order valence-corrected chi connectivity index (χ4v) is 3.34. The van der Waals surface area contributed by atoms with Crippen LogP contribution in [-0.2, 0) is 0 Å². The van der Waals surface area contributed by atoms with Crippen LogP contribution < -0.4 is 14.5 Å². The van der Waals surface area contributed by atoms with Crippen LogP contribution in [0.4, 0.5) is 16.2 Å². The zero-order chi connectivity index (χ0) is 20.4. The summed E-state index contributed by atoms with van der Waals surface area (Å²) < 4.78 is 19.0. The highest BCUT2D eigenvalue weighted by Crippen LogP contribution is 2.25. The Morgan fingerprint density at radius 3 is 2.48 bits per heavy atom. The topological polar surface area (TPSA) is 80.2 Å². The van der Waals surface area contributed by atoms with Crippen molar-refractivity contribution in [3.8, 4) is 17.0 Å². The Bertz CT molecular complexity index is 1020. The molecule has 9 heteroatoms. The standard InChI is InChI=1S/C20H22FN7O/c1-13-11-22-14(2)19(24-13)27-6-8-28(9-7-27)20-25-17(12-23-26-20)15-4-5-18(29-3)16(21)10-15/h4-5,10-12H,6-9H2,1-3H3. The minimum absolute atomic E-state index is 0.196. The van der Waals surface area contributed by atoms with Crippen LogP contribution in [0, 0.1) is 19.7 Å². The smallest absolute Gasteiger partial charge is 0.246 e. The molecule has 8 nitrogen and oxygen atoms in total. The SMILES string of the molecule is COc1ccc(-c2cnnc(N3CCN(c4nc(C)cnc4C)CC3)n2)cc1F. The molecule has 1 aliphatic heterocycles. The monoisotopic (exact) mass is 395 g/mol. The molecular formula is C20H22FN7O. The van der Waals surface area contributed by atoms with E-state index in [1.165, 1.54) is 19.4 Å². The van der Waals surface area contributed by atoms with Gasteiger partial charge in [-0.1, -0.05) is 0 Å². The van der Waals surface area contributed by atoms with Gasteiger partial charge in [0.05, 0.1) is 30.4 Å². The van der Waals surface area contributed by atoms with Crippen LogP contribution in [0.3, 0.4) is 0 Å². The van der Waals surface area contributed by atoms with Crippen molar-refractivity contribution in [3.05, 3.63) is 47.8 Å². The van der Waals surface area contributed by atoms with E-state index in [9.17, 15) is 4.39 Å². The number of ether oxygens (including phenoxy) is 1. The average molecular weight is 395 g/mol. The Morgan fingerprint density at radius 1 is 1.00 bits per heavy atom. The fraction of sp³-hybridized carbons (Fsp3) is 0.350. The Morgan fingerprint density at radius 2 is 1.76 bits per heavy atom. The van der Waals surface area contributed by atoms with Gasteiger partial charge in [-0.3, -0.25) is 4.98 Å². The van der Waals surface area contributed by atoms with Crippen molar-refractivity contribution in [2.24, 2.45) is 0 Å². The predicted octanol–water partition coefficient (Wildman–Crippen LogP) is 2.42. The lowest BCUT2D eigenvalue weighted by Crippen LogP contribution is -2.47. The highest BCUT2D eigenvalue weighted by Gasteiger charge is 2.22. The second-order valence-electron chi connectivity index (χ2n) is 6.89. The van der Waals surface area contributed by atoms with Gasteiger partial charge in [0.1, 0.15) is 5.82 Å². The van der Waals surface area contributed by atoms with Crippen LogP contribution >= 0.6 is 0 Å². The maximum absolute atomic E-state index is 14.0. The van der Waals surface area contributed by atoms with E-state index < -0.39 is 5.82 Å². The predicted molar refractivity (Wildman–Crippen MR) is 108 cm³/mol. The lowest BCUT2D eigenvalue weighted by molar-refractivity contribution is 0.386. The van der Waals surface area contributed by atoms with E-state index >= 15 is 0 Å². The van der Waals surface area contributed by atoms with Crippen LogP contribution in [-0.4, -0.2) is 58.4 Å². The number of benzene rings is 1. The van der Waals surface area contributed by atoms with Crippen molar-refractivity contribution in [2.45, 2.75) is 13.8 Å². The highest BCUT2D eigenvalue weighted by molar-refractivity contribution is 5.60. The number of aromatic nitrogens is 5. The maximum Gasteiger partial charge on any atom is 0.246 e. The van der Waals surface area contributed by atoms with E-state index in [2.05, 4.69) is 34.9 Å². The van der Waals surface area contributed by atoms with Crippen molar-refractivity contribution in [1.82, 2.24) is 25.1 Å². The number of nitrogens with zero attached hydrogens (tertiary/aromatic N) is 7. The molecule has 0 aliphatic carbocycles. The maximum atomic E-state index is 14.0. The van der Waals surface area contributed by atoms with Gasteiger partial charge in [0, 0.05) is 37.9 Å². The molecule has 3 heterocycles. The van der Waals surface area contributed by atoms with Crippen LogP contribution in [0.5, 0.6) is 5.75 Å². The van der Waals surface area contributed by atoms with Crippen molar-refractivity contribution < 1.29 is 9.13 Å². The summed E-state index contributed by atoms with van der Waals surface area (Å²) >= 11 is 0. The third-order valence-corrected chi connectivity index (χ3v) is 4.91. The summed E-state index contributed by atoms with van der Waals surface area (Å²) in [5.41, 5.74) is 3.02. The van der Waals surface area contributed by atoms with Gasteiger partial charge in [-0.2, -0.15) is 5.10 Å². The van der Waals surface area contributed by atoms with Crippen molar-refractivity contribution >= 4 is 11.8 Å². The molecule has 0 saturated carbocycles. The van der Waals surface area contributed by atoms with E-state index in [1.807, 2.05) is 13.8 Å². The Labute approximate surface area is 168 Å². The van der Waals surface area contributed by atoms with E-state index in [1.54, 1.807) is 18.3 Å². The molecule has 0 N–H and O–H groups in total. The largest absolute Gasteiger partial charge is 0.494 e. The average Bonchev–Trinajstić information content (AvgIpc) is 2.75. The number of halogens is 1. The number of rotatable bonds is 4. The number of hydrogen-bond donors (Lipinski definition) is 0. The minimum atomic E-state index is -0.437. The van der Waals surface area contributed by atoms with Gasteiger partial charge in [-0.25, -0.2) is 14.4 Å². The zero-order valence-electron chi connectivity index (χ0n) is 16.6. The molecule has 1 saturated heterocycles. The van der Waals surface area contributed by atoms with Crippen LogP contribution in [0.15, 0.2) is 30.6 Å². The van der Waals surface area contributed by atoms with Gasteiger partial charge >= 0.3 is 0 Å². The third-order valence-electron chi connectivity index (χ3n) is 4.91. The lowest BCUT2D eigenvalue weighted by atomic mass is 10.1. The molecule has 0 spiro atoms. The van der Waals surface area contributed by atoms with Gasteiger partial charge in [-0.15, -0.1) is 5.10 Å². The summed E-state index contributed by atoms with van der Waals surface area (Å²) in [6, 6.07) is 4.73.